The molecule has 2 aromatic rings. The lowest BCUT2D eigenvalue weighted by Crippen LogP contribution is -2.19. The molecule has 0 aromatic carbocycles. The van der Waals surface area contributed by atoms with Crippen molar-refractivity contribution in [2.75, 3.05) is 5.75 Å². The third-order valence-electron chi connectivity index (χ3n) is 2.29. The first-order valence-electron chi connectivity index (χ1n) is 4.39. The zero-order valence-electron chi connectivity index (χ0n) is 7.61. The standard InChI is InChI=1S/C9H8N2OS2/c1-5-4-6-7(14-5)10-9-11(8(6)12)2-3-13-9/h4H,2-3H2,1H3. The molecule has 3 heterocycles. The SMILES string of the molecule is Cc1cc2c(=O)n3c(nc2s1)SCC3. The molecule has 3 rings (SSSR count). The van der Waals surface area contributed by atoms with Crippen LogP contribution in [0.15, 0.2) is 16.0 Å². The monoisotopic (exact) mass is 224 g/mol. The number of hydrogen-bond donors (Lipinski definition) is 0. The molecule has 2 aromatic heterocycles. The van der Waals surface area contributed by atoms with Crippen molar-refractivity contribution in [1.29, 1.82) is 0 Å². The molecule has 1 aliphatic heterocycles. The number of hydrogen-bond acceptors (Lipinski definition) is 4. The van der Waals surface area contributed by atoms with Gasteiger partial charge in [0.1, 0.15) is 4.83 Å². The molecule has 0 saturated carbocycles. The van der Waals surface area contributed by atoms with Gasteiger partial charge in [-0.3, -0.25) is 9.36 Å². The lowest BCUT2D eigenvalue weighted by atomic mass is 10.4. The Kier molecular flexibility index (Phi) is 1.72. The molecule has 0 atom stereocenters. The Hall–Kier alpha value is -0.810. The summed E-state index contributed by atoms with van der Waals surface area (Å²) < 4.78 is 1.78. The van der Waals surface area contributed by atoms with Gasteiger partial charge in [0, 0.05) is 17.2 Å². The molecule has 0 aliphatic carbocycles. The topological polar surface area (TPSA) is 34.9 Å². The highest BCUT2D eigenvalue weighted by Gasteiger charge is 2.17. The Morgan fingerprint density at radius 3 is 3.29 bits per heavy atom. The van der Waals surface area contributed by atoms with Crippen molar-refractivity contribution in [3.63, 3.8) is 0 Å². The van der Waals surface area contributed by atoms with Crippen LogP contribution in [0.1, 0.15) is 4.88 Å². The molecule has 0 unspecified atom stereocenters. The first-order chi connectivity index (χ1) is 6.75. The minimum absolute atomic E-state index is 0.124. The molecular weight excluding hydrogens is 216 g/mol. The fourth-order valence-corrected chi connectivity index (χ4v) is 3.52. The zero-order chi connectivity index (χ0) is 9.71. The van der Waals surface area contributed by atoms with Gasteiger partial charge in [-0.2, -0.15) is 0 Å². The van der Waals surface area contributed by atoms with Gasteiger partial charge < -0.3 is 0 Å². The van der Waals surface area contributed by atoms with Gasteiger partial charge in [0.2, 0.25) is 0 Å². The Balaban J connectivity index is 2.49. The third kappa shape index (κ3) is 1.05. The zero-order valence-corrected chi connectivity index (χ0v) is 9.24. The fourth-order valence-electron chi connectivity index (χ4n) is 1.65. The summed E-state index contributed by atoms with van der Waals surface area (Å²) in [7, 11) is 0. The van der Waals surface area contributed by atoms with Crippen LogP contribution in [0, 0.1) is 6.92 Å². The first-order valence-corrected chi connectivity index (χ1v) is 6.20. The molecule has 14 heavy (non-hydrogen) atoms. The summed E-state index contributed by atoms with van der Waals surface area (Å²) in [6.07, 6.45) is 0. The van der Waals surface area contributed by atoms with Crippen LogP contribution in [0.25, 0.3) is 10.2 Å². The minimum atomic E-state index is 0.124. The van der Waals surface area contributed by atoms with E-state index >= 15 is 0 Å². The predicted molar refractivity (Wildman–Crippen MR) is 59.3 cm³/mol. The molecule has 0 radical (unpaired) electrons. The lowest BCUT2D eigenvalue weighted by Gasteiger charge is -1.99. The van der Waals surface area contributed by atoms with E-state index in [4.69, 9.17) is 0 Å². The van der Waals surface area contributed by atoms with Crippen LogP contribution in [0.3, 0.4) is 0 Å². The van der Waals surface area contributed by atoms with Crippen LogP contribution in [-0.2, 0) is 6.54 Å². The van der Waals surface area contributed by atoms with Gasteiger partial charge in [-0.25, -0.2) is 4.98 Å². The summed E-state index contributed by atoms with van der Waals surface area (Å²) in [6.45, 7) is 2.81. The van der Waals surface area contributed by atoms with Crippen molar-refractivity contribution in [3.05, 3.63) is 21.3 Å². The van der Waals surface area contributed by atoms with Gasteiger partial charge in [0.15, 0.2) is 5.16 Å². The van der Waals surface area contributed by atoms with E-state index in [1.54, 1.807) is 27.7 Å². The van der Waals surface area contributed by atoms with Gasteiger partial charge in [0.25, 0.3) is 5.56 Å². The van der Waals surface area contributed by atoms with Crippen molar-refractivity contribution >= 4 is 33.3 Å². The molecule has 0 spiro atoms. The van der Waals surface area contributed by atoms with Crippen molar-refractivity contribution in [2.45, 2.75) is 18.6 Å². The highest BCUT2D eigenvalue weighted by Crippen LogP contribution is 2.27. The Morgan fingerprint density at radius 1 is 1.57 bits per heavy atom. The number of aromatic nitrogens is 2. The first kappa shape index (κ1) is 8.49. The molecule has 5 heteroatoms. The van der Waals surface area contributed by atoms with Gasteiger partial charge in [-0.15, -0.1) is 11.3 Å². The van der Waals surface area contributed by atoms with Crippen LogP contribution >= 0.6 is 23.1 Å². The molecular formula is C9H8N2OS2. The third-order valence-corrected chi connectivity index (χ3v) is 4.19. The normalized spacial score (nSPS) is 14.9. The molecule has 0 saturated heterocycles. The number of thioether (sulfide) groups is 1. The van der Waals surface area contributed by atoms with Crippen LogP contribution in [0.4, 0.5) is 0 Å². The molecule has 0 N–H and O–H groups in total. The second-order valence-electron chi connectivity index (χ2n) is 3.28. The fraction of sp³-hybridized carbons (Fsp3) is 0.333. The van der Waals surface area contributed by atoms with Crippen molar-refractivity contribution < 1.29 is 0 Å². The highest BCUT2D eigenvalue weighted by atomic mass is 32.2. The number of fused-ring (bicyclic) bond motifs is 2. The van der Waals surface area contributed by atoms with Crippen molar-refractivity contribution in [1.82, 2.24) is 9.55 Å². The van der Waals surface area contributed by atoms with E-state index in [-0.39, 0.29) is 5.56 Å². The van der Waals surface area contributed by atoms with E-state index in [9.17, 15) is 4.79 Å². The predicted octanol–water partition coefficient (Wildman–Crippen LogP) is 1.87. The number of nitrogens with zero attached hydrogens (tertiary/aromatic N) is 2. The van der Waals surface area contributed by atoms with Gasteiger partial charge in [0.05, 0.1) is 5.39 Å². The summed E-state index contributed by atoms with van der Waals surface area (Å²) in [6, 6.07) is 1.94. The molecule has 0 fully saturated rings. The maximum absolute atomic E-state index is 11.9. The number of aryl methyl sites for hydroxylation is 1. The summed E-state index contributed by atoms with van der Waals surface area (Å²) >= 11 is 3.26. The van der Waals surface area contributed by atoms with Crippen LogP contribution < -0.4 is 5.56 Å². The van der Waals surface area contributed by atoms with E-state index in [0.29, 0.717) is 0 Å². The van der Waals surface area contributed by atoms with Gasteiger partial charge in [-0.05, 0) is 13.0 Å². The molecule has 72 valence electrons. The Morgan fingerprint density at radius 2 is 2.43 bits per heavy atom. The molecule has 0 amide bonds. The average molecular weight is 224 g/mol. The summed E-state index contributed by atoms with van der Waals surface area (Å²) in [5, 5.41) is 1.66. The second kappa shape index (κ2) is 2.84. The van der Waals surface area contributed by atoms with Gasteiger partial charge >= 0.3 is 0 Å². The van der Waals surface area contributed by atoms with E-state index < -0.39 is 0 Å². The average Bonchev–Trinajstić information content (AvgIpc) is 2.71. The maximum Gasteiger partial charge on any atom is 0.262 e. The number of rotatable bonds is 0. The summed E-state index contributed by atoms with van der Waals surface area (Å²) in [5.74, 6) is 0.971. The Bertz CT molecular complexity index is 570. The van der Waals surface area contributed by atoms with E-state index in [1.165, 1.54) is 0 Å². The van der Waals surface area contributed by atoms with Crippen molar-refractivity contribution in [3.8, 4) is 0 Å². The molecule has 3 nitrogen and oxygen atoms in total. The van der Waals surface area contributed by atoms with Crippen LogP contribution in [0.2, 0.25) is 0 Å². The smallest absolute Gasteiger partial charge is 0.262 e. The van der Waals surface area contributed by atoms with Crippen LogP contribution in [0.5, 0.6) is 0 Å². The van der Waals surface area contributed by atoms with E-state index in [0.717, 1.165) is 32.5 Å². The molecule has 1 aliphatic rings. The largest absolute Gasteiger partial charge is 0.286 e. The van der Waals surface area contributed by atoms with Gasteiger partial charge in [-0.1, -0.05) is 11.8 Å². The summed E-state index contributed by atoms with van der Waals surface area (Å²) in [4.78, 5) is 18.5. The summed E-state index contributed by atoms with van der Waals surface area (Å²) in [5.41, 5.74) is 0.124. The number of thiophene rings is 1. The van der Waals surface area contributed by atoms with E-state index in [1.807, 2.05) is 13.0 Å². The van der Waals surface area contributed by atoms with Crippen molar-refractivity contribution in [2.24, 2.45) is 0 Å². The Labute approximate surface area is 88.8 Å². The second-order valence-corrected chi connectivity index (χ2v) is 5.57. The minimum Gasteiger partial charge on any atom is -0.286 e. The van der Waals surface area contributed by atoms with E-state index in [2.05, 4.69) is 4.98 Å². The maximum atomic E-state index is 11.9. The highest BCUT2D eigenvalue weighted by molar-refractivity contribution is 7.99. The van der Waals surface area contributed by atoms with Crippen LogP contribution in [-0.4, -0.2) is 15.3 Å². The molecule has 0 bridgehead atoms. The lowest BCUT2D eigenvalue weighted by molar-refractivity contribution is 0.670. The quantitative estimate of drug-likeness (QED) is 0.641.